The van der Waals surface area contributed by atoms with E-state index in [0.717, 1.165) is 37.5 Å². The van der Waals surface area contributed by atoms with Gasteiger partial charge in [0.25, 0.3) is 5.91 Å². The van der Waals surface area contributed by atoms with Gasteiger partial charge in [-0.1, -0.05) is 51.1 Å². The van der Waals surface area contributed by atoms with E-state index in [0.29, 0.717) is 12.3 Å². The van der Waals surface area contributed by atoms with E-state index in [1.807, 2.05) is 64.1 Å². The van der Waals surface area contributed by atoms with Crippen molar-refractivity contribution in [3.8, 4) is 6.07 Å². The maximum Gasteiger partial charge on any atom is 0.323 e. The third-order valence-electron chi connectivity index (χ3n) is 6.84. The number of nitrogens with zero attached hydrogens (tertiary/aromatic N) is 3. The average molecular weight is 687 g/mol. The van der Waals surface area contributed by atoms with Crippen LogP contribution in [-0.2, 0) is 39.8 Å². The van der Waals surface area contributed by atoms with Crippen molar-refractivity contribution in [1.29, 1.82) is 5.26 Å². The Morgan fingerprint density at radius 2 is 1.73 bits per heavy atom. The highest BCUT2D eigenvalue weighted by Gasteiger charge is 2.31. The number of aromatic amines is 1. The lowest BCUT2D eigenvalue weighted by molar-refractivity contribution is -0.147. The normalized spacial score (nSPS) is 16.4. The number of aliphatic imine (C=N–C) groups is 2. The Hall–Kier alpha value is -4.42. The van der Waals surface area contributed by atoms with Crippen molar-refractivity contribution in [2.24, 2.45) is 26.9 Å². The molecule has 49 heavy (non-hydrogen) atoms. The largest absolute Gasteiger partial charge is 0.468 e. The monoisotopic (exact) mass is 686 g/mol. The van der Waals surface area contributed by atoms with Gasteiger partial charge in [0.05, 0.1) is 43.8 Å². The van der Waals surface area contributed by atoms with E-state index in [2.05, 4.69) is 19.7 Å². The van der Waals surface area contributed by atoms with Gasteiger partial charge in [0.2, 0.25) is 0 Å². The molecule has 0 bridgehead atoms. The van der Waals surface area contributed by atoms with Crippen LogP contribution in [0, 0.1) is 16.7 Å². The topological polar surface area (TPSA) is 225 Å². The van der Waals surface area contributed by atoms with Crippen LogP contribution in [0.4, 0.5) is 0 Å². The van der Waals surface area contributed by atoms with E-state index in [-0.39, 0.29) is 48.4 Å². The van der Waals surface area contributed by atoms with Gasteiger partial charge in [-0.3, -0.25) is 14.4 Å². The number of benzene rings is 1. The molecule has 3 unspecified atom stereocenters. The van der Waals surface area contributed by atoms with Gasteiger partial charge in [-0.2, -0.15) is 10.3 Å². The van der Waals surface area contributed by atoms with E-state index in [1.165, 1.54) is 14.0 Å². The summed E-state index contributed by atoms with van der Waals surface area (Å²) in [6.45, 7) is 12.8. The molecule has 0 radical (unpaired) electrons. The molecule has 0 spiro atoms. The van der Waals surface area contributed by atoms with Crippen LogP contribution in [0.25, 0.3) is 0 Å². The Morgan fingerprint density at radius 3 is 2.24 bits per heavy atom. The molecule has 1 amide bonds. The third kappa shape index (κ3) is 16.5. The number of hydrogen-bond acceptors (Lipinski definition) is 10. The quantitative estimate of drug-likeness (QED) is 0.160. The number of nitriles is 1. The van der Waals surface area contributed by atoms with Gasteiger partial charge < -0.3 is 40.5 Å². The van der Waals surface area contributed by atoms with Gasteiger partial charge in [-0.15, -0.1) is 0 Å². The minimum absolute atomic E-state index is 0.163. The van der Waals surface area contributed by atoms with Crippen molar-refractivity contribution < 1.29 is 38.4 Å². The number of nitrogens with one attached hydrogen (secondary N) is 1. The zero-order valence-electron chi connectivity index (χ0n) is 30.2. The molecule has 1 fully saturated rings. The highest BCUT2D eigenvalue weighted by molar-refractivity contribution is 6.08. The number of H-pyrrole nitrogens is 1. The first-order valence-electron chi connectivity index (χ1n) is 15.8. The van der Waals surface area contributed by atoms with Crippen LogP contribution >= 0.6 is 0 Å². The Balaban J connectivity index is 0.00000129. The SMILES string of the molecule is CC#N.CCOC(C)(C)C(=O)N=C(N=CN)c1ccc(C2CCC(COC(=O)Cc3ccccc3)O2)[nH]1.CO.COC(=O)C(N)C(C)(C)C. The summed E-state index contributed by atoms with van der Waals surface area (Å²) in [5.41, 5.74) is 12.0. The standard InChI is InChI=1S/C25H32N4O5.C7H15NO2.C2H3N.CH4O/c1-4-33-25(2,3)24(31)29-23(27-16-26)20-12-11-19(28-20)21-13-10-18(34-21)15-32-22(30)14-17-8-6-5-7-9-17;1-7(2,3)5(8)6(9)10-4;1-2-3;1-2/h5-9,11-12,16,18,21,28H,4,10,13-15H2,1-3H3,(H2,26,27,29,31);5H,8H2,1-4H3;1H3;2H,1H3. The van der Waals surface area contributed by atoms with Crippen molar-refractivity contribution in [3.05, 3.63) is 59.4 Å². The number of nitrogens with two attached hydrogens (primary N) is 2. The number of amidine groups is 1. The molecule has 1 saturated heterocycles. The molecule has 1 aromatic heterocycles. The number of aliphatic hydroxyl groups is 1. The van der Waals surface area contributed by atoms with Gasteiger partial charge in [0, 0.05) is 26.3 Å². The Labute approximate surface area is 289 Å². The highest BCUT2D eigenvalue weighted by atomic mass is 16.6. The van der Waals surface area contributed by atoms with Crippen LogP contribution in [-0.4, -0.2) is 85.3 Å². The molecule has 1 aromatic carbocycles. The summed E-state index contributed by atoms with van der Waals surface area (Å²) in [6, 6.07) is 14.3. The number of esters is 2. The second kappa shape index (κ2) is 23.0. The summed E-state index contributed by atoms with van der Waals surface area (Å²) >= 11 is 0. The first-order chi connectivity index (χ1) is 23.1. The molecule has 14 heteroatoms. The van der Waals surface area contributed by atoms with Crippen LogP contribution in [0.3, 0.4) is 0 Å². The number of aliphatic hydroxyl groups excluding tert-OH is 1. The number of methoxy groups -OCH3 is 1. The van der Waals surface area contributed by atoms with Crippen molar-refractivity contribution in [1.82, 2.24) is 4.98 Å². The molecule has 3 atom stereocenters. The first kappa shape index (κ1) is 44.6. The van der Waals surface area contributed by atoms with Gasteiger partial charge in [-0.25, -0.2) is 4.99 Å². The molecule has 2 aromatic rings. The van der Waals surface area contributed by atoms with Crippen molar-refractivity contribution in [2.75, 3.05) is 27.4 Å². The summed E-state index contributed by atoms with van der Waals surface area (Å²) in [5.74, 6) is -0.926. The summed E-state index contributed by atoms with van der Waals surface area (Å²) < 4.78 is 21.4. The maximum absolute atomic E-state index is 12.6. The van der Waals surface area contributed by atoms with Crippen LogP contribution in [0.15, 0.2) is 52.4 Å². The first-order valence-corrected chi connectivity index (χ1v) is 15.8. The Kier molecular flexibility index (Phi) is 20.9. The fourth-order valence-corrected chi connectivity index (χ4v) is 4.15. The second-order valence-corrected chi connectivity index (χ2v) is 12.0. The van der Waals surface area contributed by atoms with Crippen molar-refractivity contribution >= 4 is 30.0 Å². The van der Waals surface area contributed by atoms with E-state index in [9.17, 15) is 14.4 Å². The number of rotatable bonds is 10. The minimum atomic E-state index is -1.07. The van der Waals surface area contributed by atoms with Gasteiger partial charge in [-0.05, 0) is 56.7 Å². The summed E-state index contributed by atoms with van der Waals surface area (Å²) in [6.07, 6.45) is 2.49. The molecule has 0 aliphatic carbocycles. The number of carbonyl (C=O) groups excluding carboxylic acids is 3. The molecule has 6 N–H and O–H groups in total. The molecule has 0 saturated carbocycles. The molecule has 1 aliphatic rings. The molecular formula is C35H54N6O8. The zero-order chi connectivity index (χ0) is 37.6. The van der Waals surface area contributed by atoms with Gasteiger partial charge in [0.15, 0.2) is 5.84 Å². The molecule has 14 nitrogen and oxygen atoms in total. The summed E-state index contributed by atoms with van der Waals surface area (Å²) in [7, 11) is 2.34. The number of ether oxygens (including phenoxy) is 4. The minimum Gasteiger partial charge on any atom is -0.468 e. The van der Waals surface area contributed by atoms with Crippen molar-refractivity contribution in [2.45, 2.75) is 91.6 Å². The molecule has 3 rings (SSSR count). The summed E-state index contributed by atoms with van der Waals surface area (Å²) in [4.78, 5) is 46.8. The number of hydrogen-bond donors (Lipinski definition) is 4. The lowest BCUT2D eigenvalue weighted by Gasteiger charge is -2.23. The van der Waals surface area contributed by atoms with E-state index in [4.69, 9.17) is 36.0 Å². The molecule has 2 heterocycles. The zero-order valence-corrected chi connectivity index (χ0v) is 30.2. The van der Waals surface area contributed by atoms with E-state index >= 15 is 0 Å². The Morgan fingerprint density at radius 1 is 1.12 bits per heavy atom. The van der Waals surface area contributed by atoms with Crippen LogP contribution < -0.4 is 11.5 Å². The van der Waals surface area contributed by atoms with Gasteiger partial charge >= 0.3 is 11.9 Å². The summed E-state index contributed by atoms with van der Waals surface area (Å²) in [5, 5.41) is 14.3. The van der Waals surface area contributed by atoms with Crippen molar-refractivity contribution in [3.63, 3.8) is 0 Å². The van der Waals surface area contributed by atoms with Crippen LogP contribution in [0.5, 0.6) is 0 Å². The predicted molar refractivity (Wildman–Crippen MR) is 188 cm³/mol. The van der Waals surface area contributed by atoms with Crippen LogP contribution in [0.2, 0.25) is 0 Å². The van der Waals surface area contributed by atoms with Gasteiger partial charge in [0.1, 0.15) is 18.2 Å². The lowest BCUT2D eigenvalue weighted by atomic mass is 9.88. The van der Waals surface area contributed by atoms with E-state index < -0.39 is 17.6 Å². The average Bonchev–Trinajstić information content (AvgIpc) is 3.75. The lowest BCUT2D eigenvalue weighted by Crippen LogP contribution is -2.42. The maximum atomic E-state index is 12.6. The Bertz CT molecular complexity index is 1380. The van der Waals surface area contributed by atoms with Crippen LogP contribution in [0.1, 0.15) is 84.4 Å². The fourth-order valence-electron chi connectivity index (χ4n) is 4.15. The number of amides is 1. The molecular weight excluding hydrogens is 632 g/mol. The smallest absolute Gasteiger partial charge is 0.323 e. The van der Waals surface area contributed by atoms with E-state index in [1.54, 1.807) is 26.0 Å². The molecule has 272 valence electrons. The fraction of sp³-hybridized carbons (Fsp3) is 0.543. The molecule has 1 aliphatic heterocycles. The number of carbonyl (C=O) groups is 3. The number of aromatic nitrogens is 1. The predicted octanol–water partition coefficient (Wildman–Crippen LogP) is 3.77. The highest BCUT2D eigenvalue weighted by Crippen LogP contribution is 2.32. The third-order valence-corrected chi connectivity index (χ3v) is 6.84. The second-order valence-electron chi connectivity index (χ2n) is 12.0.